The van der Waals surface area contributed by atoms with Crippen LogP contribution in [0.5, 0.6) is 11.5 Å². The van der Waals surface area contributed by atoms with Crippen molar-refractivity contribution in [2.75, 3.05) is 20.8 Å². The number of hydrogen-bond acceptors (Lipinski definition) is 8. The van der Waals surface area contributed by atoms with E-state index in [-0.39, 0.29) is 17.7 Å². The Balaban J connectivity index is 1.67. The Morgan fingerprint density at radius 1 is 1.10 bits per heavy atom. The number of halogens is 1. The molecule has 0 amide bonds. The maximum absolute atomic E-state index is 13.8. The highest BCUT2D eigenvalue weighted by Gasteiger charge is 2.35. The van der Waals surface area contributed by atoms with Crippen molar-refractivity contribution in [1.82, 2.24) is 4.57 Å². The molecule has 0 radical (unpaired) electrons. The van der Waals surface area contributed by atoms with Gasteiger partial charge in [-0.2, -0.15) is 0 Å². The second-order valence-corrected chi connectivity index (χ2v) is 10.6. The highest BCUT2D eigenvalue weighted by Crippen LogP contribution is 2.34. The summed E-state index contributed by atoms with van der Waals surface area (Å²) in [5, 5.41) is 0. The van der Waals surface area contributed by atoms with E-state index in [0.717, 1.165) is 15.6 Å². The van der Waals surface area contributed by atoms with Crippen molar-refractivity contribution in [2.24, 2.45) is 4.99 Å². The zero-order valence-electron chi connectivity index (χ0n) is 21.7. The van der Waals surface area contributed by atoms with Crippen LogP contribution in [0.2, 0.25) is 0 Å². The van der Waals surface area contributed by atoms with Gasteiger partial charge in [0.2, 0.25) is 0 Å². The SMILES string of the molecule is CCOC(=O)C1=C(C)N=c2s/c(=C\c3ccc(OC)c(OC)c3)c(=O)n2[C@@H]1c1ccc(-c2ccc(Br)cc2)o1. The number of fused-ring (bicyclic) bond motifs is 1. The van der Waals surface area contributed by atoms with Crippen molar-refractivity contribution >= 4 is 39.3 Å². The molecule has 4 aromatic rings. The second-order valence-electron chi connectivity index (χ2n) is 8.63. The van der Waals surface area contributed by atoms with Gasteiger partial charge in [0.15, 0.2) is 16.3 Å². The van der Waals surface area contributed by atoms with Gasteiger partial charge < -0.3 is 18.6 Å². The first-order valence-electron chi connectivity index (χ1n) is 12.1. The number of hydrogen-bond donors (Lipinski definition) is 0. The van der Waals surface area contributed by atoms with Crippen LogP contribution in [0, 0.1) is 0 Å². The number of esters is 1. The molecule has 200 valence electrons. The number of rotatable bonds is 7. The Morgan fingerprint density at radius 2 is 1.85 bits per heavy atom. The van der Waals surface area contributed by atoms with Crippen LogP contribution < -0.4 is 24.4 Å². The number of carbonyl (C=O) groups excluding carboxylic acids is 1. The van der Waals surface area contributed by atoms with Gasteiger partial charge in [-0.1, -0.05) is 45.5 Å². The Bertz CT molecular complexity index is 1760. The summed E-state index contributed by atoms with van der Waals surface area (Å²) in [7, 11) is 3.12. The molecule has 0 saturated heterocycles. The summed E-state index contributed by atoms with van der Waals surface area (Å²) >= 11 is 4.68. The van der Waals surface area contributed by atoms with Crippen LogP contribution in [0.15, 0.2) is 84.5 Å². The predicted molar refractivity (Wildman–Crippen MR) is 152 cm³/mol. The molecule has 0 unspecified atom stereocenters. The van der Waals surface area contributed by atoms with Crippen LogP contribution in [-0.2, 0) is 9.53 Å². The monoisotopic (exact) mass is 608 g/mol. The zero-order chi connectivity index (χ0) is 27.7. The number of nitrogens with zero attached hydrogens (tertiary/aromatic N) is 2. The molecule has 2 aromatic carbocycles. The summed E-state index contributed by atoms with van der Waals surface area (Å²) in [5.74, 6) is 1.64. The molecule has 0 saturated carbocycles. The number of aromatic nitrogens is 1. The van der Waals surface area contributed by atoms with Gasteiger partial charge in [0.25, 0.3) is 5.56 Å². The molecule has 5 rings (SSSR count). The summed E-state index contributed by atoms with van der Waals surface area (Å²) in [6.07, 6.45) is 1.77. The van der Waals surface area contributed by atoms with E-state index in [2.05, 4.69) is 20.9 Å². The van der Waals surface area contributed by atoms with E-state index in [4.69, 9.17) is 18.6 Å². The number of ether oxygens (including phenoxy) is 3. The van der Waals surface area contributed by atoms with Crippen molar-refractivity contribution in [3.63, 3.8) is 0 Å². The lowest BCUT2D eigenvalue weighted by Crippen LogP contribution is -2.39. The van der Waals surface area contributed by atoms with Crippen LogP contribution in [0.25, 0.3) is 17.4 Å². The quantitative estimate of drug-likeness (QED) is 0.279. The van der Waals surface area contributed by atoms with Crippen molar-refractivity contribution in [3.8, 4) is 22.8 Å². The number of thiazole rings is 1. The molecule has 8 nitrogen and oxygen atoms in total. The Hall–Kier alpha value is -3.89. The second kappa shape index (κ2) is 11.1. The van der Waals surface area contributed by atoms with Crippen LogP contribution in [-0.4, -0.2) is 31.4 Å². The lowest BCUT2D eigenvalue weighted by Gasteiger charge is -2.22. The smallest absolute Gasteiger partial charge is 0.338 e. The van der Waals surface area contributed by atoms with E-state index in [0.29, 0.717) is 38.1 Å². The first kappa shape index (κ1) is 26.7. The molecular formula is C29H25BrN2O6S. The van der Waals surface area contributed by atoms with Crippen LogP contribution >= 0.6 is 27.3 Å². The van der Waals surface area contributed by atoms with Crippen LogP contribution in [0.4, 0.5) is 0 Å². The molecule has 0 N–H and O–H groups in total. The third-order valence-corrected chi connectivity index (χ3v) is 7.76. The molecule has 39 heavy (non-hydrogen) atoms. The van der Waals surface area contributed by atoms with Crippen molar-refractivity contribution < 1.29 is 23.4 Å². The lowest BCUT2D eigenvalue weighted by molar-refractivity contribution is -0.139. The van der Waals surface area contributed by atoms with E-state index in [9.17, 15) is 9.59 Å². The molecule has 0 fully saturated rings. The van der Waals surface area contributed by atoms with Gasteiger partial charge in [0.05, 0.1) is 36.6 Å². The fraction of sp³-hybridized carbons (Fsp3) is 0.207. The Labute approximate surface area is 236 Å². The topological polar surface area (TPSA) is 92.3 Å². The standard InChI is InChI=1S/C29H25BrN2O6S/c1-5-37-28(34)25-16(2)31-29-32(26(25)22-13-12-20(38-22)18-7-9-19(30)10-8-18)27(33)24(39-29)15-17-6-11-21(35-3)23(14-17)36-4/h6-15,26H,5H2,1-4H3/b24-15-/t26-/m1/s1. The van der Waals surface area contributed by atoms with Crippen molar-refractivity contribution in [2.45, 2.75) is 19.9 Å². The van der Waals surface area contributed by atoms with Crippen molar-refractivity contribution in [3.05, 3.63) is 101 Å². The minimum Gasteiger partial charge on any atom is -0.493 e. The Morgan fingerprint density at radius 3 is 2.54 bits per heavy atom. The van der Waals surface area contributed by atoms with Crippen LogP contribution in [0.1, 0.15) is 31.2 Å². The minimum absolute atomic E-state index is 0.189. The van der Waals surface area contributed by atoms with E-state index < -0.39 is 12.0 Å². The fourth-order valence-electron chi connectivity index (χ4n) is 4.42. The number of allylic oxidation sites excluding steroid dienone is 1. The number of carbonyl (C=O) groups is 1. The normalized spacial score (nSPS) is 15.1. The van der Waals surface area contributed by atoms with Gasteiger partial charge in [-0.3, -0.25) is 9.36 Å². The van der Waals surface area contributed by atoms with Gasteiger partial charge in [0.1, 0.15) is 17.6 Å². The molecule has 2 aromatic heterocycles. The first-order chi connectivity index (χ1) is 18.8. The van der Waals surface area contributed by atoms with E-state index >= 15 is 0 Å². The maximum atomic E-state index is 13.8. The maximum Gasteiger partial charge on any atom is 0.338 e. The summed E-state index contributed by atoms with van der Waals surface area (Å²) < 4.78 is 25.2. The highest BCUT2D eigenvalue weighted by molar-refractivity contribution is 9.10. The molecule has 3 heterocycles. The summed E-state index contributed by atoms with van der Waals surface area (Å²) in [6.45, 7) is 3.66. The average molecular weight is 609 g/mol. The number of benzene rings is 2. The third kappa shape index (κ3) is 5.09. The van der Waals surface area contributed by atoms with Crippen molar-refractivity contribution in [1.29, 1.82) is 0 Å². The number of furan rings is 1. The molecule has 10 heteroatoms. The minimum atomic E-state index is -0.836. The van der Waals surface area contributed by atoms with E-state index in [1.54, 1.807) is 52.3 Å². The lowest BCUT2D eigenvalue weighted by atomic mass is 10.0. The molecule has 0 aliphatic carbocycles. The van der Waals surface area contributed by atoms with Gasteiger partial charge in [-0.05, 0) is 61.9 Å². The van der Waals surface area contributed by atoms with Crippen LogP contribution in [0.3, 0.4) is 0 Å². The molecule has 1 aliphatic rings. The summed E-state index contributed by atoms with van der Waals surface area (Å²) in [4.78, 5) is 32.0. The van der Waals surface area contributed by atoms with Gasteiger partial charge in [0, 0.05) is 10.0 Å². The summed E-state index contributed by atoms with van der Waals surface area (Å²) in [6, 6.07) is 15.9. The fourth-order valence-corrected chi connectivity index (χ4v) is 5.73. The third-order valence-electron chi connectivity index (χ3n) is 6.25. The highest BCUT2D eigenvalue weighted by atomic mass is 79.9. The predicted octanol–water partition coefficient (Wildman–Crippen LogP) is 4.84. The largest absolute Gasteiger partial charge is 0.493 e. The van der Waals surface area contributed by atoms with Gasteiger partial charge in [-0.15, -0.1) is 0 Å². The molecule has 1 atom stereocenters. The molecule has 1 aliphatic heterocycles. The summed E-state index contributed by atoms with van der Waals surface area (Å²) in [5.41, 5.74) is 2.06. The zero-order valence-corrected chi connectivity index (χ0v) is 24.1. The molecule has 0 bridgehead atoms. The number of methoxy groups -OCH3 is 2. The average Bonchev–Trinajstić information content (AvgIpc) is 3.53. The van der Waals surface area contributed by atoms with E-state index in [1.807, 2.05) is 36.4 Å². The Kier molecular flexibility index (Phi) is 7.58. The van der Waals surface area contributed by atoms with E-state index in [1.165, 1.54) is 15.9 Å². The van der Waals surface area contributed by atoms with Gasteiger partial charge >= 0.3 is 5.97 Å². The first-order valence-corrected chi connectivity index (χ1v) is 13.7. The van der Waals surface area contributed by atoms with Gasteiger partial charge in [-0.25, -0.2) is 9.79 Å². The molecular weight excluding hydrogens is 584 g/mol. The molecule has 0 spiro atoms.